The van der Waals surface area contributed by atoms with E-state index in [2.05, 4.69) is 10.0 Å². The van der Waals surface area contributed by atoms with Crippen molar-refractivity contribution in [2.45, 2.75) is 37.4 Å². The van der Waals surface area contributed by atoms with Crippen LogP contribution in [0.5, 0.6) is 0 Å². The second kappa shape index (κ2) is 9.24. The van der Waals surface area contributed by atoms with E-state index in [4.69, 9.17) is 4.74 Å². The van der Waals surface area contributed by atoms with Crippen molar-refractivity contribution < 1.29 is 17.9 Å². The van der Waals surface area contributed by atoms with Gasteiger partial charge < -0.3 is 10.1 Å². The van der Waals surface area contributed by atoms with E-state index in [9.17, 15) is 13.2 Å². The van der Waals surface area contributed by atoms with Crippen molar-refractivity contribution in [3.05, 3.63) is 17.5 Å². The van der Waals surface area contributed by atoms with Gasteiger partial charge in [0.25, 0.3) is 10.0 Å². The van der Waals surface area contributed by atoms with Crippen LogP contribution in [-0.4, -0.2) is 40.1 Å². The van der Waals surface area contributed by atoms with Crippen LogP contribution in [0.2, 0.25) is 0 Å². The van der Waals surface area contributed by atoms with Gasteiger partial charge in [0.15, 0.2) is 0 Å². The number of ether oxygens (including phenoxy) is 1. The largest absolute Gasteiger partial charge is 0.382 e. The maximum Gasteiger partial charge on any atom is 0.250 e. The number of carbonyl (C=O) groups excluding carboxylic acids is 1. The highest BCUT2D eigenvalue weighted by Crippen LogP contribution is 2.17. The van der Waals surface area contributed by atoms with Gasteiger partial charge in [-0.15, -0.1) is 11.3 Å². The molecule has 126 valence electrons. The van der Waals surface area contributed by atoms with Crippen molar-refractivity contribution in [3.63, 3.8) is 0 Å². The van der Waals surface area contributed by atoms with Gasteiger partial charge >= 0.3 is 0 Å². The van der Waals surface area contributed by atoms with Gasteiger partial charge in [0.2, 0.25) is 5.91 Å². The number of sulfonamides is 1. The van der Waals surface area contributed by atoms with Crippen molar-refractivity contribution in [2.24, 2.45) is 5.92 Å². The van der Waals surface area contributed by atoms with E-state index in [-0.39, 0.29) is 16.0 Å². The predicted molar refractivity (Wildman–Crippen MR) is 87.4 cm³/mol. The third-order valence-corrected chi connectivity index (χ3v) is 5.80. The Kier molecular flexibility index (Phi) is 8.02. The zero-order valence-corrected chi connectivity index (χ0v) is 14.8. The molecular weight excluding hydrogens is 324 g/mol. The van der Waals surface area contributed by atoms with Crippen molar-refractivity contribution in [2.75, 3.05) is 19.8 Å². The molecule has 22 heavy (non-hydrogen) atoms. The molecule has 0 aliphatic rings. The monoisotopic (exact) mass is 348 g/mol. The van der Waals surface area contributed by atoms with Gasteiger partial charge in [-0.25, -0.2) is 8.42 Å². The molecule has 1 rings (SSSR count). The van der Waals surface area contributed by atoms with Gasteiger partial charge in [0.1, 0.15) is 10.3 Å². The highest BCUT2D eigenvalue weighted by atomic mass is 32.2. The number of amides is 1. The normalized spacial score (nSPS) is 13.3. The van der Waals surface area contributed by atoms with Crippen LogP contribution in [0.3, 0.4) is 0 Å². The summed E-state index contributed by atoms with van der Waals surface area (Å²) in [4.78, 5) is 12.2. The molecule has 1 aromatic rings. The molecule has 1 atom stereocenters. The lowest BCUT2D eigenvalue weighted by atomic mass is 10.1. The van der Waals surface area contributed by atoms with E-state index in [0.717, 1.165) is 11.3 Å². The zero-order valence-electron chi connectivity index (χ0n) is 13.2. The molecular formula is C14H24N2O4S2. The molecule has 0 bridgehead atoms. The molecule has 6 nitrogen and oxygen atoms in total. The van der Waals surface area contributed by atoms with Crippen LogP contribution in [0, 0.1) is 5.92 Å². The van der Waals surface area contributed by atoms with Crippen LogP contribution >= 0.6 is 11.3 Å². The summed E-state index contributed by atoms with van der Waals surface area (Å²) in [5.74, 6) is -0.465. The molecule has 0 unspecified atom stereocenters. The Morgan fingerprint density at radius 1 is 1.41 bits per heavy atom. The zero-order chi connectivity index (χ0) is 16.6. The fourth-order valence-corrected chi connectivity index (χ4v) is 4.13. The number of hydrogen-bond donors (Lipinski definition) is 2. The fraction of sp³-hybridized carbons (Fsp3) is 0.643. The minimum Gasteiger partial charge on any atom is -0.382 e. The molecule has 0 spiro atoms. The molecule has 1 amide bonds. The van der Waals surface area contributed by atoms with Gasteiger partial charge in [-0.2, -0.15) is 4.72 Å². The van der Waals surface area contributed by atoms with Gasteiger partial charge in [0.05, 0.1) is 0 Å². The molecule has 0 fully saturated rings. The minimum atomic E-state index is -3.66. The first-order valence-electron chi connectivity index (χ1n) is 7.29. The molecule has 0 aliphatic heterocycles. The molecule has 1 heterocycles. The second-order valence-corrected chi connectivity index (χ2v) is 8.01. The van der Waals surface area contributed by atoms with Gasteiger partial charge in [-0.05, 0) is 30.7 Å². The van der Waals surface area contributed by atoms with Crippen LogP contribution in [0.4, 0.5) is 0 Å². The van der Waals surface area contributed by atoms with Crippen LogP contribution in [-0.2, 0) is 19.6 Å². The first kappa shape index (κ1) is 19.1. The Bertz CT molecular complexity index is 541. The molecule has 0 radical (unpaired) electrons. The standard InChI is InChI=1S/C14H24N2O4S2/c1-4-20-9-6-8-15-14(17)13(11(2)3)16-22(18,19)12-7-5-10-21-12/h5,7,10-11,13,16H,4,6,8-9H2,1-3H3,(H,15,17)/t13-/m0/s1. The second-order valence-electron chi connectivity index (χ2n) is 5.12. The third-order valence-electron chi connectivity index (χ3n) is 2.96. The quantitative estimate of drug-likeness (QED) is 0.629. The summed E-state index contributed by atoms with van der Waals surface area (Å²) >= 11 is 1.12. The number of carbonyl (C=O) groups is 1. The number of hydrogen-bond acceptors (Lipinski definition) is 5. The van der Waals surface area contributed by atoms with Gasteiger partial charge in [-0.3, -0.25) is 4.79 Å². The first-order chi connectivity index (χ1) is 10.4. The molecule has 0 saturated heterocycles. The molecule has 1 aromatic heterocycles. The molecule has 0 aromatic carbocycles. The summed E-state index contributed by atoms with van der Waals surface area (Å²) in [6.07, 6.45) is 0.696. The lowest BCUT2D eigenvalue weighted by Crippen LogP contribution is -2.49. The predicted octanol–water partition coefficient (Wildman–Crippen LogP) is 1.59. The van der Waals surface area contributed by atoms with E-state index in [1.807, 2.05) is 6.92 Å². The first-order valence-corrected chi connectivity index (χ1v) is 9.66. The maximum absolute atomic E-state index is 12.2. The molecule has 8 heteroatoms. The summed E-state index contributed by atoms with van der Waals surface area (Å²) in [5.41, 5.74) is 0. The van der Waals surface area contributed by atoms with Crippen molar-refractivity contribution in [1.82, 2.24) is 10.0 Å². The van der Waals surface area contributed by atoms with Crippen LogP contribution < -0.4 is 10.0 Å². The topological polar surface area (TPSA) is 84.5 Å². The van der Waals surface area contributed by atoms with E-state index in [0.29, 0.717) is 26.2 Å². The molecule has 0 saturated carbocycles. The Labute approximate surface area is 136 Å². The smallest absolute Gasteiger partial charge is 0.250 e. The van der Waals surface area contributed by atoms with Crippen LogP contribution in [0.25, 0.3) is 0 Å². The number of nitrogens with one attached hydrogen (secondary N) is 2. The van der Waals surface area contributed by atoms with E-state index >= 15 is 0 Å². The third kappa shape index (κ3) is 6.04. The summed E-state index contributed by atoms with van der Waals surface area (Å²) < 4.78 is 32.3. The Morgan fingerprint density at radius 3 is 2.68 bits per heavy atom. The highest BCUT2D eigenvalue weighted by Gasteiger charge is 2.28. The van der Waals surface area contributed by atoms with Gasteiger partial charge in [-0.1, -0.05) is 19.9 Å². The van der Waals surface area contributed by atoms with Gasteiger partial charge in [0, 0.05) is 19.8 Å². The Hall–Kier alpha value is -0.960. The molecule has 2 N–H and O–H groups in total. The van der Waals surface area contributed by atoms with Crippen LogP contribution in [0.15, 0.2) is 21.7 Å². The summed E-state index contributed by atoms with van der Waals surface area (Å²) in [6, 6.07) is 2.39. The average molecular weight is 348 g/mol. The molecule has 0 aliphatic carbocycles. The SMILES string of the molecule is CCOCCCNC(=O)[C@@H](NS(=O)(=O)c1cccs1)C(C)C. The van der Waals surface area contributed by atoms with E-state index in [1.54, 1.807) is 25.3 Å². The fourth-order valence-electron chi connectivity index (χ4n) is 1.77. The number of rotatable bonds is 10. The number of thiophene rings is 1. The maximum atomic E-state index is 12.2. The van der Waals surface area contributed by atoms with Crippen molar-refractivity contribution in [3.8, 4) is 0 Å². The highest BCUT2D eigenvalue weighted by molar-refractivity contribution is 7.91. The minimum absolute atomic E-state index is 0.151. The average Bonchev–Trinajstić information content (AvgIpc) is 2.99. The van der Waals surface area contributed by atoms with Crippen molar-refractivity contribution >= 4 is 27.3 Å². The lowest BCUT2D eigenvalue weighted by molar-refractivity contribution is -0.123. The summed E-state index contributed by atoms with van der Waals surface area (Å²) in [6.45, 7) is 7.20. The van der Waals surface area contributed by atoms with Crippen molar-refractivity contribution in [1.29, 1.82) is 0 Å². The van der Waals surface area contributed by atoms with Crippen LogP contribution in [0.1, 0.15) is 27.2 Å². The summed E-state index contributed by atoms with van der Waals surface area (Å²) in [7, 11) is -3.66. The van der Waals surface area contributed by atoms with E-state index in [1.165, 1.54) is 6.07 Å². The van der Waals surface area contributed by atoms with E-state index < -0.39 is 16.1 Å². The Morgan fingerprint density at radius 2 is 2.14 bits per heavy atom. The summed E-state index contributed by atoms with van der Waals surface area (Å²) in [5, 5.41) is 4.44. The Balaban J connectivity index is 2.60. The lowest BCUT2D eigenvalue weighted by Gasteiger charge is -2.21.